The van der Waals surface area contributed by atoms with Crippen LogP contribution in [0.5, 0.6) is 0 Å². The van der Waals surface area contributed by atoms with E-state index in [1.165, 1.54) is 28.6 Å². The molecule has 0 aromatic carbocycles. The Morgan fingerprint density at radius 2 is 2.11 bits per heavy atom. The van der Waals surface area contributed by atoms with E-state index in [0.717, 1.165) is 0 Å². The summed E-state index contributed by atoms with van der Waals surface area (Å²) in [6.45, 7) is 1.61. The summed E-state index contributed by atoms with van der Waals surface area (Å²) < 4.78 is 7.27. The molecule has 0 radical (unpaired) electrons. The Balaban J connectivity index is 2.55. The van der Waals surface area contributed by atoms with Crippen LogP contribution < -0.4 is 16.4 Å². The zero-order valence-electron chi connectivity index (χ0n) is 10.6. The van der Waals surface area contributed by atoms with Gasteiger partial charge in [-0.3, -0.25) is 9.59 Å². The molecule has 0 saturated carbocycles. The molecule has 0 aliphatic rings. The normalized spacial score (nSPS) is 12.6. The molecule has 1 rings (SSSR count). The number of hydrogen-bond acceptors (Lipinski definition) is 5. The van der Waals surface area contributed by atoms with Crippen molar-refractivity contribution in [3.05, 3.63) is 33.1 Å². The van der Waals surface area contributed by atoms with Gasteiger partial charge in [0.25, 0.3) is 0 Å². The summed E-state index contributed by atoms with van der Waals surface area (Å²) in [6, 6.07) is 0. The van der Waals surface area contributed by atoms with Crippen molar-refractivity contribution in [2.24, 2.45) is 7.05 Å². The molecule has 2 N–H and O–H groups in total. The van der Waals surface area contributed by atoms with Crippen LogP contribution in [-0.4, -0.2) is 47.2 Å². The third-order valence-corrected chi connectivity index (χ3v) is 2.50. The van der Waals surface area contributed by atoms with Gasteiger partial charge in [-0.15, -0.1) is 0 Å². The number of hydrogen-bond donors (Lipinski definition) is 2. The van der Waals surface area contributed by atoms with Gasteiger partial charge in [-0.25, -0.2) is 0 Å². The molecule has 0 bridgehead atoms. The number of methoxy groups -OCH3 is 1. The molecule has 0 spiro atoms. The molecular formula is C11H19N3O4. The minimum atomic E-state index is -0.730. The van der Waals surface area contributed by atoms with Crippen molar-refractivity contribution in [1.29, 1.82) is 0 Å². The Bertz CT molecular complexity index is 480. The summed E-state index contributed by atoms with van der Waals surface area (Å²) in [6.07, 6.45) is 2.25. The van der Waals surface area contributed by atoms with Gasteiger partial charge in [-0.2, -0.15) is 0 Å². The molecule has 0 aliphatic heterocycles. The average Bonchev–Trinajstić information content (AvgIpc) is 2.35. The van der Waals surface area contributed by atoms with Crippen LogP contribution >= 0.6 is 0 Å². The third-order valence-electron chi connectivity index (χ3n) is 2.50. The summed E-state index contributed by atoms with van der Waals surface area (Å²) >= 11 is 0. The van der Waals surface area contributed by atoms with E-state index in [-0.39, 0.29) is 6.54 Å². The maximum atomic E-state index is 11.6. The molecular weight excluding hydrogens is 238 g/mol. The fraction of sp³-hybridized carbons (Fsp3) is 0.636. The highest BCUT2D eigenvalue weighted by Gasteiger charge is 2.08. The second-order valence-electron chi connectivity index (χ2n) is 4.02. The lowest BCUT2D eigenvalue weighted by Gasteiger charge is -2.13. The van der Waals surface area contributed by atoms with Gasteiger partial charge in [0, 0.05) is 39.6 Å². The number of aryl methyl sites for hydroxylation is 1. The number of aliphatic hydroxyl groups is 1. The highest BCUT2D eigenvalue weighted by molar-refractivity contribution is 4.85. The van der Waals surface area contributed by atoms with E-state index in [9.17, 15) is 14.7 Å². The minimum absolute atomic E-state index is 0.0922. The van der Waals surface area contributed by atoms with E-state index in [0.29, 0.717) is 19.7 Å². The zero-order valence-corrected chi connectivity index (χ0v) is 10.6. The Hall–Kier alpha value is -1.44. The summed E-state index contributed by atoms with van der Waals surface area (Å²) in [7, 11) is 3.11. The molecule has 1 heterocycles. The topological polar surface area (TPSA) is 85.5 Å². The fourth-order valence-electron chi connectivity index (χ4n) is 1.47. The van der Waals surface area contributed by atoms with E-state index in [1.54, 1.807) is 7.11 Å². The lowest BCUT2D eigenvalue weighted by atomic mass is 10.3. The van der Waals surface area contributed by atoms with E-state index in [1.807, 2.05) is 0 Å². The summed E-state index contributed by atoms with van der Waals surface area (Å²) in [5, 5.41) is 12.7. The van der Waals surface area contributed by atoms with Gasteiger partial charge >= 0.3 is 11.1 Å². The van der Waals surface area contributed by atoms with Crippen molar-refractivity contribution in [1.82, 2.24) is 14.5 Å². The van der Waals surface area contributed by atoms with Crippen LogP contribution in [0.1, 0.15) is 0 Å². The molecule has 1 unspecified atom stereocenters. The molecule has 1 aromatic heterocycles. The number of aliphatic hydroxyl groups excluding tert-OH is 1. The van der Waals surface area contributed by atoms with Gasteiger partial charge in [0.15, 0.2) is 0 Å². The van der Waals surface area contributed by atoms with Crippen molar-refractivity contribution < 1.29 is 9.84 Å². The Kier molecular flexibility index (Phi) is 5.76. The quantitative estimate of drug-likeness (QED) is 0.442. The maximum absolute atomic E-state index is 11.6. The number of aromatic nitrogens is 2. The average molecular weight is 257 g/mol. The predicted octanol–water partition coefficient (Wildman–Crippen LogP) is -1.86. The SMILES string of the molecule is COCCNCC(O)Cn1ccn(C)c(=O)c1=O. The minimum Gasteiger partial charge on any atom is -0.390 e. The van der Waals surface area contributed by atoms with E-state index in [2.05, 4.69) is 5.32 Å². The first-order valence-electron chi connectivity index (χ1n) is 5.70. The van der Waals surface area contributed by atoms with Crippen molar-refractivity contribution in [3.8, 4) is 0 Å². The molecule has 0 fully saturated rings. The lowest BCUT2D eigenvalue weighted by Crippen LogP contribution is -2.42. The van der Waals surface area contributed by atoms with Crippen LogP contribution in [0, 0.1) is 0 Å². The molecule has 1 aromatic rings. The monoisotopic (exact) mass is 257 g/mol. The van der Waals surface area contributed by atoms with Gasteiger partial charge < -0.3 is 24.3 Å². The van der Waals surface area contributed by atoms with Crippen LogP contribution in [0.3, 0.4) is 0 Å². The smallest absolute Gasteiger partial charge is 0.316 e. The largest absolute Gasteiger partial charge is 0.390 e. The number of rotatable bonds is 7. The molecule has 7 heteroatoms. The van der Waals surface area contributed by atoms with Gasteiger partial charge in [0.05, 0.1) is 19.3 Å². The number of nitrogens with zero attached hydrogens (tertiary/aromatic N) is 2. The van der Waals surface area contributed by atoms with Crippen LogP contribution in [0.4, 0.5) is 0 Å². The molecule has 0 amide bonds. The Morgan fingerprint density at radius 1 is 1.39 bits per heavy atom. The van der Waals surface area contributed by atoms with Crippen molar-refractivity contribution in [2.45, 2.75) is 12.6 Å². The summed E-state index contributed by atoms with van der Waals surface area (Å²) in [5.41, 5.74) is -1.23. The number of ether oxygens (including phenoxy) is 1. The first-order valence-corrected chi connectivity index (χ1v) is 5.70. The van der Waals surface area contributed by atoms with E-state index >= 15 is 0 Å². The lowest BCUT2D eigenvalue weighted by molar-refractivity contribution is 0.142. The maximum Gasteiger partial charge on any atom is 0.316 e. The molecule has 1 atom stereocenters. The predicted molar refractivity (Wildman–Crippen MR) is 66.7 cm³/mol. The molecule has 0 saturated heterocycles. The van der Waals surface area contributed by atoms with Gasteiger partial charge in [0.1, 0.15) is 0 Å². The van der Waals surface area contributed by atoms with E-state index in [4.69, 9.17) is 4.74 Å². The molecule has 0 aliphatic carbocycles. The van der Waals surface area contributed by atoms with Gasteiger partial charge in [-0.1, -0.05) is 0 Å². The van der Waals surface area contributed by atoms with Crippen LogP contribution in [0.2, 0.25) is 0 Å². The Morgan fingerprint density at radius 3 is 2.78 bits per heavy atom. The summed E-state index contributed by atoms with van der Waals surface area (Å²) in [4.78, 5) is 23.0. The van der Waals surface area contributed by atoms with Crippen LogP contribution in [0.25, 0.3) is 0 Å². The highest BCUT2D eigenvalue weighted by Crippen LogP contribution is 1.86. The van der Waals surface area contributed by atoms with Crippen molar-refractivity contribution in [3.63, 3.8) is 0 Å². The van der Waals surface area contributed by atoms with Crippen LogP contribution in [-0.2, 0) is 18.3 Å². The van der Waals surface area contributed by atoms with Crippen molar-refractivity contribution >= 4 is 0 Å². The highest BCUT2D eigenvalue weighted by atomic mass is 16.5. The standard InChI is InChI=1S/C11H19N3O4/c1-13-4-5-14(11(17)10(13)16)8-9(15)7-12-3-6-18-2/h4-5,9,12,15H,3,6-8H2,1-2H3. The van der Waals surface area contributed by atoms with Gasteiger partial charge in [0.2, 0.25) is 0 Å². The van der Waals surface area contributed by atoms with E-state index < -0.39 is 17.2 Å². The first-order chi connectivity index (χ1) is 8.56. The summed E-state index contributed by atoms with van der Waals surface area (Å²) in [5.74, 6) is 0. The Labute approximate surface area is 105 Å². The second kappa shape index (κ2) is 7.10. The molecule has 18 heavy (non-hydrogen) atoms. The van der Waals surface area contributed by atoms with Crippen molar-refractivity contribution in [2.75, 3.05) is 26.8 Å². The third kappa shape index (κ3) is 4.10. The zero-order chi connectivity index (χ0) is 13.5. The fourth-order valence-corrected chi connectivity index (χ4v) is 1.47. The van der Waals surface area contributed by atoms with Crippen LogP contribution in [0.15, 0.2) is 22.0 Å². The molecule has 7 nitrogen and oxygen atoms in total. The molecule has 102 valence electrons. The van der Waals surface area contributed by atoms with Gasteiger partial charge in [-0.05, 0) is 0 Å². The number of nitrogens with one attached hydrogen (secondary N) is 1. The first kappa shape index (κ1) is 14.6. The second-order valence-corrected chi connectivity index (χ2v) is 4.02.